The van der Waals surface area contributed by atoms with Crippen LogP contribution in [0.3, 0.4) is 0 Å². The summed E-state index contributed by atoms with van der Waals surface area (Å²) in [6, 6.07) is 15.0. The molecule has 0 saturated heterocycles. The van der Waals surface area contributed by atoms with Crippen LogP contribution in [0.15, 0.2) is 61.2 Å². The van der Waals surface area contributed by atoms with Crippen LogP contribution < -0.4 is 9.47 Å². The highest BCUT2D eigenvalue weighted by Crippen LogP contribution is 2.25. The van der Waals surface area contributed by atoms with Crippen LogP contribution in [-0.4, -0.2) is 32.2 Å². The number of rotatable bonds is 11. The van der Waals surface area contributed by atoms with Crippen LogP contribution in [0.25, 0.3) is 0 Å². The average molecular weight is 418 g/mol. The minimum absolute atomic E-state index is 0.0211. The van der Waals surface area contributed by atoms with Gasteiger partial charge in [-0.15, -0.1) is 6.58 Å². The van der Waals surface area contributed by atoms with Gasteiger partial charge in [-0.2, -0.15) is 4.31 Å². The molecule has 0 aliphatic heterocycles. The largest absolute Gasteiger partial charge is 0.497 e. The van der Waals surface area contributed by atoms with E-state index in [1.807, 2.05) is 62.4 Å². The third kappa shape index (κ3) is 6.08. The molecule has 6 heteroatoms. The highest BCUT2D eigenvalue weighted by Gasteiger charge is 2.33. The summed E-state index contributed by atoms with van der Waals surface area (Å²) < 4.78 is 39.1. The molecule has 0 heterocycles. The van der Waals surface area contributed by atoms with Crippen molar-refractivity contribution in [2.24, 2.45) is 5.92 Å². The maximum atomic E-state index is 13.5. The number of benzene rings is 2. The number of allylic oxidation sites excluding steroid dienone is 1. The van der Waals surface area contributed by atoms with E-state index < -0.39 is 15.3 Å². The Morgan fingerprint density at radius 3 is 1.62 bits per heavy atom. The van der Waals surface area contributed by atoms with Crippen molar-refractivity contribution in [2.45, 2.75) is 38.6 Å². The summed E-state index contributed by atoms with van der Waals surface area (Å²) in [5.41, 5.74) is 1.81. The minimum Gasteiger partial charge on any atom is -0.497 e. The number of sulfonamides is 1. The maximum absolute atomic E-state index is 13.5. The lowest BCUT2D eigenvalue weighted by atomic mass is 10.1. The molecular weight excluding hydrogens is 386 g/mol. The molecule has 0 N–H and O–H groups in total. The molecule has 0 aliphatic carbocycles. The molecule has 0 bridgehead atoms. The first-order valence-corrected chi connectivity index (χ1v) is 11.2. The van der Waals surface area contributed by atoms with Gasteiger partial charge in [0, 0.05) is 13.1 Å². The van der Waals surface area contributed by atoms with Crippen molar-refractivity contribution < 1.29 is 17.9 Å². The number of hydrogen-bond donors (Lipinski definition) is 0. The van der Waals surface area contributed by atoms with Crippen molar-refractivity contribution in [1.82, 2.24) is 4.31 Å². The van der Waals surface area contributed by atoms with Crippen LogP contribution in [0.2, 0.25) is 0 Å². The lowest BCUT2D eigenvalue weighted by Crippen LogP contribution is -2.40. The van der Waals surface area contributed by atoms with Gasteiger partial charge in [0.25, 0.3) is 0 Å². The molecule has 0 radical (unpaired) electrons. The third-order valence-electron chi connectivity index (χ3n) is 4.92. The number of hydrogen-bond acceptors (Lipinski definition) is 4. The minimum atomic E-state index is -3.55. The Balaban J connectivity index is 2.37. The van der Waals surface area contributed by atoms with Crippen molar-refractivity contribution >= 4 is 10.0 Å². The quantitative estimate of drug-likeness (QED) is 0.500. The Morgan fingerprint density at radius 1 is 0.897 bits per heavy atom. The van der Waals surface area contributed by atoms with E-state index in [1.54, 1.807) is 24.6 Å². The van der Waals surface area contributed by atoms with Crippen LogP contribution in [0.1, 0.15) is 31.4 Å². The zero-order chi connectivity index (χ0) is 21.4. The maximum Gasteiger partial charge on any atom is 0.218 e. The molecule has 158 valence electrons. The first-order valence-electron chi connectivity index (χ1n) is 9.67. The van der Waals surface area contributed by atoms with E-state index in [4.69, 9.17) is 9.47 Å². The highest BCUT2D eigenvalue weighted by atomic mass is 32.2. The number of ether oxygens (including phenoxy) is 2. The summed E-state index contributed by atoms with van der Waals surface area (Å²) in [6.45, 7) is 8.20. The summed E-state index contributed by atoms with van der Waals surface area (Å²) in [6.07, 6.45) is 2.10. The van der Waals surface area contributed by atoms with E-state index >= 15 is 0 Å². The summed E-state index contributed by atoms with van der Waals surface area (Å²) in [5.74, 6) is 1.46. The summed E-state index contributed by atoms with van der Waals surface area (Å²) in [7, 11) is -0.335. The van der Waals surface area contributed by atoms with E-state index in [-0.39, 0.29) is 5.92 Å². The second-order valence-electron chi connectivity index (χ2n) is 7.32. The Morgan fingerprint density at radius 2 is 1.31 bits per heavy atom. The van der Waals surface area contributed by atoms with Crippen LogP contribution in [0.4, 0.5) is 0 Å². The standard InChI is InChI=1S/C23H31NO4S/c1-6-7-23(18(2)3)29(25,26)24(16-19-8-12-21(27-4)13-9-19)17-20-10-14-22(28-5)15-11-20/h6,8-15,18,23H,1,7,16-17H2,2-5H3/t23-/m0/s1. The fraction of sp³-hybridized carbons (Fsp3) is 0.391. The topological polar surface area (TPSA) is 55.8 Å². The van der Waals surface area contributed by atoms with Gasteiger partial charge in [0.1, 0.15) is 11.5 Å². The van der Waals surface area contributed by atoms with Crippen LogP contribution in [0, 0.1) is 5.92 Å². The molecule has 2 rings (SSSR count). The van der Waals surface area contributed by atoms with Gasteiger partial charge in [-0.1, -0.05) is 44.2 Å². The van der Waals surface area contributed by atoms with E-state index in [9.17, 15) is 8.42 Å². The summed E-state index contributed by atoms with van der Waals surface area (Å²) in [4.78, 5) is 0. The monoisotopic (exact) mass is 417 g/mol. The second kappa shape index (κ2) is 10.5. The molecule has 2 aromatic carbocycles. The first kappa shape index (κ1) is 23.0. The zero-order valence-corrected chi connectivity index (χ0v) is 18.5. The molecule has 0 aliphatic rings. The van der Waals surface area contributed by atoms with Gasteiger partial charge < -0.3 is 9.47 Å². The summed E-state index contributed by atoms with van der Waals surface area (Å²) in [5, 5.41) is -0.517. The molecule has 29 heavy (non-hydrogen) atoms. The molecule has 0 fully saturated rings. The van der Waals surface area contributed by atoms with E-state index in [1.165, 1.54) is 0 Å². The predicted molar refractivity (Wildman–Crippen MR) is 118 cm³/mol. The predicted octanol–water partition coefficient (Wildman–Crippen LogP) is 4.64. The Kier molecular flexibility index (Phi) is 8.29. The fourth-order valence-electron chi connectivity index (χ4n) is 3.20. The van der Waals surface area contributed by atoms with Crippen LogP contribution >= 0.6 is 0 Å². The molecular formula is C23H31NO4S. The van der Waals surface area contributed by atoms with Gasteiger partial charge in [0.15, 0.2) is 0 Å². The lowest BCUT2D eigenvalue weighted by molar-refractivity contribution is 0.381. The molecule has 0 unspecified atom stereocenters. The molecule has 0 aromatic heterocycles. The molecule has 5 nitrogen and oxygen atoms in total. The van der Waals surface area contributed by atoms with Gasteiger partial charge in [-0.25, -0.2) is 8.42 Å². The van der Waals surface area contributed by atoms with E-state index in [0.717, 1.165) is 22.6 Å². The second-order valence-corrected chi connectivity index (χ2v) is 9.47. The molecule has 0 spiro atoms. The van der Waals surface area contributed by atoms with Crippen molar-refractivity contribution in [3.8, 4) is 11.5 Å². The molecule has 2 aromatic rings. The Bertz CT molecular complexity index is 825. The number of methoxy groups -OCH3 is 2. The molecule has 1 atom stereocenters. The normalized spacial score (nSPS) is 12.8. The average Bonchev–Trinajstić information content (AvgIpc) is 2.72. The van der Waals surface area contributed by atoms with Crippen molar-refractivity contribution in [1.29, 1.82) is 0 Å². The van der Waals surface area contributed by atoms with Gasteiger partial charge in [0.2, 0.25) is 10.0 Å². The van der Waals surface area contributed by atoms with Crippen LogP contribution in [0.5, 0.6) is 11.5 Å². The third-order valence-corrected chi connectivity index (χ3v) is 7.40. The number of nitrogens with zero attached hydrogens (tertiary/aromatic N) is 1. The highest BCUT2D eigenvalue weighted by molar-refractivity contribution is 7.89. The van der Waals surface area contributed by atoms with Crippen molar-refractivity contribution in [3.05, 3.63) is 72.3 Å². The van der Waals surface area contributed by atoms with Gasteiger partial charge in [-0.05, 0) is 47.7 Å². The van der Waals surface area contributed by atoms with Crippen LogP contribution in [-0.2, 0) is 23.1 Å². The fourth-order valence-corrected chi connectivity index (χ4v) is 5.31. The smallest absolute Gasteiger partial charge is 0.218 e. The van der Waals surface area contributed by atoms with Gasteiger partial charge in [-0.3, -0.25) is 0 Å². The van der Waals surface area contributed by atoms with Crippen molar-refractivity contribution in [2.75, 3.05) is 14.2 Å². The first-order chi connectivity index (χ1) is 13.8. The van der Waals surface area contributed by atoms with E-state index in [2.05, 4.69) is 6.58 Å². The molecule has 0 amide bonds. The van der Waals surface area contributed by atoms with Gasteiger partial charge in [0.05, 0.1) is 19.5 Å². The lowest BCUT2D eigenvalue weighted by Gasteiger charge is -2.29. The SMILES string of the molecule is C=CC[C@@H](C(C)C)S(=O)(=O)N(Cc1ccc(OC)cc1)Cc1ccc(OC)cc1. The van der Waals surface area contributed by atoms with Gasteiger partial charge >= 0.3 is 0 Å². The zero-order valence-electron chi connectivity index (χ0n) is 17.7. The van der Waals surface area contributed by atoms with Crippen molar-refractivity contribution in [3.63, 3.8) is 0 Å². The van der Waals surface area contributed by atoms with E-state index in [0.29, 0.717) is 19.5 Å². The molecule has 0 saturated carbocycles. The summed E-state index contributed by atoms with van der Waals surface area (Å²) >= 11 is 0. The Hall–Kier alpha value is -2.31. The Labute approximate surface area is 175 Å².